The molecule has 0 radical (unpaired) electrons. The van der Waals surface area contributed by atoms with Crippen LogP contribution in [-0.2, 0) is 18.6 Å². The lowest BCUT2D eigenvalue weighted by Gasteiger charge is -2.09. The van der Waals surface area contributed by atoms with Gasteiger partial charge in [-0.05, 0) is 37.1 Å². The van der Waals surface area contributed by atoms with Crippen LogP contribution < -0.4 is 5.73 Å². The fraction of sp³-hybridized carbons (Fsp3) is 0.545. The second-order valence-electron chi connectivity index (χ2n) is 4.66. The first kappa shape index (κ1) is 8.38. The van der Waals surface area contributed by atoms with Gasteiger partial charge in [0.05, 0.1) is 5.69 Å². The molecule has 1 saturated carbocycles. The fourth-order valence-electron chi connectivity index (χ4n) is 2.12. The Hall–Kier alpha value is -0.930. The second-order valence-corrected chi connectivity index (χ2v) is 4.66. The summed E-state index contributed by atoms with van der Waals surface area (Å²) in [7, 11) is 2.12. The quantitative estimate of drug-likeness (QED) is 0.716. The number of nitrogens with zero attached hydrogens (tertiary/aromatic N) is 2. The molecule has 14 heavy (non-hydrogen) atoms. The van der Waals surface area contributed by atoms with E-state index in [1.165, 1.54) is 16.8 Å². The predicted molar refractivity (Wildman–Crippen MR) is 54.5 cm³/mol. The zero-order chi connectivity index (χ0) is 9.76. The number of hydrogen-bond donors (Lipinski definition) is 1. The minimum Gasteiger partial charge on any atom is -0.321 e. The first-order valence-corrected chi connectivity index (χ1v) is 5.13. The van der Waals surface area contributed by atoms with Gasteiger partial charge in [-0.1, -0.05) is 0 Å². The molecule has 1 aromatic rings. The molecule has 0 amide bonds. The summed E-state index contributed by atoms with van der Waals surface area (Å²) in [5, 5.41) is 0. The maximum atomic E-state index is 6.14. The largest absolute Gasteiger partial charge is 0.321 e. The first-order chi connectivity index (χ1) is 6.67. The van der Waals surface area contributed by atoms with Gasteiger partial charge in [-0.2, -0.15) is 0 Å². The highest BCUT2D eigenvalue weighted by molar-refractivity contribution is 5.34. The third-order valence-electron chi connectivity index (χ3n) is 3.28. The van der Waals surface area contributed by atoms with Gasteiger partial charge in [-0.25, -0.2) is 0 Å². The van der Waals surface area contributed by atoms with Crippen molar-refractivity contribution < 1.29 is 0 Å². The standard InChI is InChI=1S/C11H15N3/c1-14-6-8-4-9(11(12)2-3-11)5-13-10(8)7-14/h4-5H,2-3,6-7,12H2,1H3. The van der Waals surface area contributed by atoms with Gasteiger partial charge in [0.15, 0.2) is 0 Å². The molecule has 3 rings (SSSR count). The monoisotopic (exact) mass is 189 g/mol. The molecule has 1 aliphatic carbocycles. The van der Waals surface area contributed by atoms with Crippen molar-refractivity contribution in [2.75, 3.05) is 7.05 Å². The number of rotatable bonds is 1. The third-order valence-corrected chi connectivity index (χ3v) is 3.28. The molecule has 0 unspecified atom stereocenters. The number of hydrogen-bond acceptors (Lipinski definition) is 3. The van der Waals surface area contributed by atoms with E-state index in [0.29, 0.717) is 0 Å². The summed E-state index contributed by atoms with van der Waals surface area (Å²) in [4.78, 5) is 6.77. The normalized spacial score (nSPS) is 23.6. The smallest absolute Gasteiger partial charge is 0.0589 e. The Morgan fingerprint density at radius 3 is 2.93 bits per heavy atom. The Bertz CT molecular complexity index is 382. The maximum Gasteiger partial charge on any atom is 0.0589 e. The molecule has 74 valence electrons. The molecule has 0 spiro atoms. The van der Waals surface area contributed by atoms with E-state index in [4.69, 9.17) is 5.73 Å². The van der Waals surface area contributed by atoms with Crippen LogP contribution in [-0.4, -0.2) is 16.9 Å². The van der Waals surface area contributed by atoms with Crippen molar-refractivity contribution >= 4 is 0 Å². The molecule has 0 bridgehead atoms. The average molecular weight is 189 g/mol. The third kappa shape index (κ3) is 1.16. The molecule has 1 aliphatic heterocycles. The van der Waals surface area contributed by atoms with Crippen LogP contribution in [0.2, 0.25) is 0 Å². The Kier molecular flexibility index (Phi) is 1.53. The lowest BCUT2D eigenvalue weighted by molar-refractivity contribution is 0.351. The topological polar surface area (TPSA) is 42.1 Å². The molecule has 2 aliphatic rings. The highest BCUT2D eigenvalue weighted by atomic mass is 15.1. The van der Waals surface area contributed by atoms with Crippen LogP contribution in [0, 0.1) is 0 Å². The molecule has 0 atom stereocenters. The number of fused-ring (bicyclic) bond motifs is 1. The van der Waals surface area contributed by atoms with Crippen LogP contribution >= 0.6 is 0 Å². The van der Waals surface area contributed by atoms with Gasteiger partial charge in [0.1, 0.15) is 0 Å². The molecule has 1 aromatic heterocycles. The molecule has 0 aromatic carbocycles. The zero-order valence-electron chi connectivity index (χ0n) is 8.45. The van der Waals surface area contributed by atoms with Gasteiger partial charge in [0.2, 0.25) is 0 Å². The van der Waals surface area contributed by atoms with Crippen molar-refractivity contribution in [2.45, 2.75) is 31.5 Å². The van der Waals surface area contributed by atoms with E-state index in [2.05, 4.69) is 23.0 Å². The highest BCUT2D eigenvalue weighted by Crippen LogP contribution is 2.43. The zero-order valence-corrected chi connectivity index (χ0v) is 8.45. The summed E-state index contributed by atoms with van der Waals surface area (Å²) in [6, 6.07) is 2.25. The summed E-state index contributed by atoms with van der Waals surface area (Å²) < 4.78 is 0. The van der Waals surface area contributed by atoms with E-state index in [1.807, 2.05) is 6.20 Å². The minimum atomic E-state index is -0.0385. The summed E-state index contributed by atoms with van der Waals surface area (Å²) in [5.41, 5.74) is 9.92. The van der Waals surface area contributed by atoms with E-state index in [9.17, 15) is 0 Å². The van der Waals surface area contributed by atoms with E-state index in [-0.39, 0.29) is 5.54 Å². The Morgan fingerprint density at radius 1 is 1.43 bits per heavy atom. The molecule has 2 heterocycles. The van der Waals surface area contributed by atoms with Crippen molar-refractivity contribution in [2.24, 2.45) is 5.73 Å². The minimum absolute atomic E-state index is 0.0385. The maximum absolute atomic E-state index is 6.14. The number of aromatic nitrogens is 1. The SMILES string of the molecule is CN1Cc2cc(C3(N)CC3)cnc2C1. The second kappa shape index (κ2) is 2.55. The van der Waals surface area contributed by atoms with Gasteiger partial charge < -0.3 is 5.73 Å². The Balaban J connectivity index is 2.00. The van der Waals surface area contributed by atoms with Gasteiger partial charge >= 0.3 is 0 Å². The summed E-state index contributed by atoms with van der Waals surface area (Å²) in [5.74, 6) is 0. The fourth-order valence-corrected chi connectivity index (χ4v) is 2.12. The van der Waals surface area contributed by atoms with Crippen molar-refractivity contribution in [3.05, 3.63) is 29.1 Å². The van der Waals surface area contributed by atoms with E-state index in [1.54, 1.807) is 0 Å². The molecule has 3 nitrogen and oxygen atoms in total. The Morgan fingerprint density at radius 2 is 2.21 bits per heavy atom. The van der Waals surface area contributed by atoms with Crippen LogP contribution in [0.1, 0.15) is 29.7 Å². The highest BCUT2D eigenvalue weighted by Gasteiger charge is 2.40. The number of pyridine rings is 1. The molecule has 2 N–H and O–H groups in total. The van der Waals surface area contributed by atoms with Crippen molar-refractivity contribution in [1.82, 2.24) is 9.88 Å². The van der Waals surface area contributed by atoms with Gasteiger partial charge in [-0.3, -0.25) is 9.88 Å². The average Bonchev–Trinajstić information content (AvgIpc) is 2.79. The first-order valence-electron chi connectivity index (χ1n) is 5.13. The van der Waals surface area contributed by atoms with Gasteiger partial charge in [0.25, 0.3) is 0 Å². The van der Waals surface area contributed by atoms with E-state index in [0.717, 1.165) is 25.9 Å². The van der Waals surface area contributed by atoms with E-state index >= 15 is 0 Å². The van der Waals surface area contributed by atoms with Gasteiger partial charge in [0, 0.05) is 24.8 Å². The lowest BCUT2D eigenvalue weighted by Crippen LogP contribution is -2.19. The van der Waals surface area contributed by atoms with Crippen LogP contribution in [0.3, 0.4) is 0 Å². The van der Waals surface area contributed by atoms with Crippen molar-refractivity contribution in [3.8, 4) is 0 Å². The molecule has 1 fully saturated rings. The Labute approximate surface area is 83.9 Å². The predicted octanol–water partition coefficient (Wildman–Crippen LogP) is 0.975. The molecular formula is C11H15N3. The summed E-state index contributed by atoms with van der Waals surface area (Å²) in [6.45, 7) is 2.00. The van der Waals surface area contributed by atoms with Crippen LogP contribution in [0.25, 0.3) is 0 Å². The van der Waals surface area contributed by atoms with Crippen molar-refractivity contribution in [1.29, 1.82) is 0 Å². The van der Waals surface area contributed by atoms with Crippen molar-refractivity contribution in [3.63, 3.8) is 0 Å². The summed E-state index contributed by atoms with van der Waals surface area (Å²) >= 11 is 0. The number of nitrogens with two attached hydrogens (primary N) is 1. The van der Waals surface area contributed by atoms with Crippen LogP contribution in [0.4, 0.5) is 0 Å². The van der Waals surface area contributed by atoms with Gasteiger partial charge in [-0.15, -0.1) is 0 Å². The van der Waals surface area contributed by atoms with Crippen LogP contribution in [0.5, 0.6) is 0 Å². The molecular weight excluding hydrogens is 174 g/mol. The van der Waals surface area contributed by atoms with Crippen LogP contribution in [0.15, 0.2) is 12.3 Å². The summed E-state index contributed by atoms with van der Waals surface area (Å²) in [6.07, 6.45) is 4.19. The van der Waals surface area contributed by atoms with E-state index < -0.39 is 0 Å². The molecule has 0 saturated heterocycles. The lowest BCUT2D eigenvalue weighted by atomic mass is 10.1. The molecule has 3 heteroatoms.